The van der Waals surface area contributed by atoms with E-state index in [4.69, 9.17) is 0 Å². The Labute approximate surface area is 206 Å². The number of carbonyl (C=O) groups excluding carboxylic acids is 2. The van der Waals surface area contributed by atoms with E-state index < -0.39 is 15.9 Å². The van der Waals surface area contributed by atoms with Crippen LogP contribution in [0.15, 0.2) is 77.7 Å². The molecule has 3 aromatic carbocycles. The molecule has 1 aliphatic heterocycles. The van der Waals surface area contributed by atoms with Gasteiger partial charge >= 0.3 is 0 Å². The first kappa shape index (κ1) is 24.6. The lowest BCUT2D eigenvalue weighted by Crippen LogP contribution is -2.28. The van der Waals surface area contributed by atoms with Crippen LogP contribution in [0.4, 0.5) is 11.4 Å². The Kier molecular flexibility index (Phi) is 7.33. The van der Waals surface area contributed by atoms with E-state index in [-0.39, 0.29) is 29.7 Å². The fourth-order valence-electron chi connectivity index (χ4n) is 4.15. The summed E-state index contributed by atoms with van der Waals surface area (Å²) in [6.07, 6.45) is 0.727. The van der Waals surface area contributed by atoms with Gasteiger partial charge in [-0.15, -0.1) is 0 Å². The van der Waals surface area contributed by atoms with E-state index >= 15 is 0 Å². The summed E-state index contributed by atoms with van der Waals surface area (Å²) in [6, 6.07) is 21.6. The minimum absolute atomic E-state index is 0.0816. The van der Waals surface area contributed by atoms with Crippen LogP contribution in [-0.4, -0.2) is 33.3 Å². The third-order valence-corrected chi connectivity index (χ3v) is 7.61. The van der Waals surface area contributed by atoms with Crippen molar-refractivity contribution in [2.24, 2.45) is 5.92 Å². The molecule has 1 aliphatic rings. The zero-order chi connectivity index (χ0) is 25.0. The molecule has 1 heterocycles. The van der Waals surface area contributed by atoms with Crippen LogP contribution in [0.1, 0.15) is 23.1 Å². The van der Waals surface area contributed by atoms with Crippen molar-refractivity contribution in [3.8, 4) is 0 Å². The number of carbonyl (C=O) groups is 2. The molecular weight excluding hydrogens is 462 g/mol. The molecule has 3 aromatic rings. The van der Waals surface area contributed by atoms with Crippen molar-refractivity contribution in [1.29, 1.82) is 0 Å². The second kappa shape index (κ2) is 10.4. The number of hydrogen-bond acceptors (Lipinski definition) is 4. The van der Waals surface area contributed by atoms with Gasteiger partial charge in [-0.05, 0) is 67.3 Å². The SMILES string of the molecule is Cc1ccc(C)c(N2CC(C(=O)Nc3ccc(S(=O)(=O)NCCc4ccccc4)cc3)CC2=O)c1. The van der Waals surface area contributed by atoms with E-state index in [1.807, 2.05) is 62.4 Å². The third-order valence-electron chi connectivity index (χ3n) is 6.13. The minimum atomic E-state index is -3.66. The number of hydrogen-bond donors (Lipinski definition) is 2. The number of rotatable bonds is 8. The molecule has 0 spiro atoms. The van der Waals surface area contributed by atoms with Crippen LogP contribution in [0, 0.1) is 19.8 Å². The van der Waals surface area contributed by atoms with E-state index in [1.165, 1.54) is 12.1 Å². The lowest BCUT2D eigenvalue weighted by atomic mass is 10.1. The first-order chi connectivity index (χ1) is 16.7. The molecular formula is C27H29N3O4S. The van der Waals surface area contributed by atoms with Crippen molar-refractivity contribution >= 4 is 33.2 Å². The Hall–Kier alpha value is -3.49. The van der Waals surface area contributed by atoms with E-state index in [2.05, 4.69) is 10.0 Å². The summed E-state index contributed by atoms with van der Waals surface area (Å²) in [5.74, 6) is -0.824. The quantitative estimate of drug-likeness (QED) is 0.501. The van der Waals surface area contributed by atoms with Crippen LogP contribution in [0.2, 0.25) is 0 Å². The second-order valence-electron chi connectivity index (χ2n) is 8.84. The maximum absolute atomic E-state index is 12.8. The first-order valence-electron chi connectivity index (χ1n) is 11.5. The molecule has 2 amide bonds. The Morgan fingerprint density at radius 3 is 2.43 bits per heavy atom. The number of aryl methyl sites for hydroxylation is 2. The number of benzene rings is 3. The number of nitrogens with zero attached hydrogens (tertiary/aromatic N) is 1. The number of nitrogens with one attached hydrogen (secondary N) is 2. The highest BCUT2D eigenvalue weighted by Crippen LogP contribution is 2.29. The molecule has 7 nitrogen and oxygen atoms in total. The van der Waals surface area contributed by atoms with Gasteiger partial charge in [0.2, 0.25) is 21.8 Å². The molecule has 0 bridgehead atoms. The zero-order valence-electron chi connectivity index (χ0n) is 19.8. The molecule has 1 saturated heterocycles. The van der Waals surface area contributed by atoms with Gasteiger partial charge in [-0.25, -0.2) is 13.1 Å². The standard InChI is InChI=1S/C27H29N3O4S/c1-19-8-9-20(2)25(16-19)30-18-22(17-26(30)31)27(32)29-23-10-12-24(13-11-23)35(33,34)28-15-14-21-6-4-3-5-7-21/h3-13,16,22,28H,14-15,17-18H2,1-2H3,(H,29,32). The van der Waals surface area contributed by atoms with E-state index in [0.29, 0.717) is 18.7 Å². The van der Waals surface area contributed by atoms with Gasteiger partial charge in [0.25, 0.3) is 0 Å². The third kappa shape index (κ3) is 5.96. The molecule has 1 atom stereocenters. The molecule has 182 valence electrons. The second-order valence-corrected chi connectivity index (χ2v) is 10.6. The van der Waals surface area contributed by atoms with Crippen molar-refractivity contribution < 1.29 is 18.0 Å². The number of amides is 2. The van der Waals surface area contributed by atoms with E-state index in [1.54, 1.807) is 17.0 Å². The highest BCUT2D eigenvalue weighted by molar-refractivity contribution is 7.89. The fourth-order valence-corrected chi connectivity index (χ4v) is 5.18. The molecule has 4 rings (SSSR count). The van der Waals surface area contributed by atoms with Gasteiger partial charge in [-0.1, -0.05) is 42.5 Å². The van der Waals surface area contributed by atoms with Gasteiger partial charge in [-0.2, -0.15) is 0 Å². The monoisotopic (exact) mass is 491 g/mol. The predicted molar refractivity (Wildman–Crippen MR) is 137 cm³/mol. The van der Waals surface area contributed by atoms with Crippen molar-refractivity contribution in [3.63, 3.8) is 0 Å². The van der Waals surface area contributed by atoms with Crippen molar-refractivity contribution in [1.82, 2.24) is 4.72 Å². The van der Waals surface area contributed by atoms with Gasteiger partial charge < -0.3 is 10.2 Å². The molecule has 0 aromatic heterocycles. The lowest BCUT2D eigenvalue weighted by Gasteiger charge is -2.19. The van der Waals surface area contributed by atoms with Gasteiger partial charge in [0.15, 0.2) is 0 Å². The van der Waals surface area contributed by atoms with Crippen molar-refractivity contribution in [2.75, 3.05) is 23.3 Å². The Morgan fingerprint density at radius 2 is 1.71 bits per heavy atom. The molecule has 0 aliphatic carbocycles. The van der Waals surface area contributed by atoms with Crippen LogP contribution < -0.4 is 14.9 Å². The number of anilines is 2. The minimum Gasteiger partial charge on any atom is -0.326 e. The number of sulfonamides is 1. The Morgan fingerprint density at radius 1 is 1.00 bits per heavy atom. The van der Waals surface area contributed by atoms with Crippen LogP contribution in [0.5, 0.6) is 0 Å². The van der Waals surface area contributed by atoms with E-state index in [9.17, 15) is 18.0 Å². The fraction of sp³-hybridized carbons (Fsp3) is 0.259. The lowest BCUT2D eigenvalue weighted by molar-refractivity contribution is -0.122. The molecule has 35 heavy (non-hydrogen) atoms. The van der Waals surface area contributed by atoms with Crippen LogP contribution in [0.3, 0.4) is 0 Å². The van der Waals surface area contributed by atoms with Gasteiger partial charge in [0.05, 0.1) is 10.8 Å². The van der Waals surface area contributed by atoms with Crippen LogP contribution in [-0.2, 0) is 26.0 Å². The highest BCUT2D eigenvalue weighted by atomic mass is 32.2. The summed E-state index contributed by atoms with van der Waals surface area (Å²) in [6.45, 7) is 4.52. The van der Waals surface area contributed by atoms with E-state index in [0.717, 1.165) is 22.4 Å². The molecule has 8 heteroatoms. The summed E-state index contributed by atoms with van der Waals surface area (Å²) in [5.41, 5.74) is 4.40. The van der Waals surface area contributed by atoms with Gasteiger partial charge in [-0.3, -0.25) is 9.59 Å². The maximum atomic E-state index is 12.8. The molecule has 0 radical (unpaired) electrons. The summed E-state index contributed by atoms with van der Waals surface area (Å²) in [7, 11) is -3.66. The topological polar surface area (TPSA) is 95.6 Å². The maximum Gasteiger partial charge on any atom is 0.240 e. The van der Waals surface area contributed by atoms with Gasteiger partial charge in [0.1, 0.15) is 0 Å². The zero-order valence-corrected chi connectivity index (χ0v) is 20.6. The van der Waals surface area contributed by atoms with Crippen LogP contribution in [0.25, 0.3) is 0 Å². The summed E-state index contributed by atoms with van der Waals surface area (Å²) >= 11 is 0. The normalized spacial score (nSPS) is 15.9. The highest BCUT2D eigenvalue weighted by Gasteiger charge is 2.35. The summed E-state index contributed by atoms with van der Waals surface area (Å²) in [5, 5.41) is 2.81. The molecule has 1 fully saturated rings. The molecule has 1 unspecified atom stereocenters. The largest absolute Gasteiger partial charge is 0.326 e. The summed E-state index contributed by atoms with van der Waals surface area (Å²) in [4.78, 5) is 27.2. The molecule has 2 N–H and O–H groups in total. The molecule has 0 saturated carbocycles. The Bertz CT molecular complexity index is 1320. The van der Waals surface area contributed by atoms with Crippen LogP contribution >= 0.6 is 0 Å². The smallest absolute Gasteiger partial charge is 0.240 e. The predicted octanol–water partition coefficient (Wildman–Crippen LogP) is 3.82. The average molecular weight is 492 g/mol. The summed E-state index contributed by atoms with van der Waals surface area (Å²) < 4.78 is 27.8. The average Bonchev–Trinajstić information content (AvgIpc) is 3.23. The van der Waals surface area contributed by atoms with Gasteiger partial charge in [0, 0.05) is 30.9 Å². The van der Waals surface area contributed by atoms with Crippen molar-refractivity contribution in [2.45, 2.75) is 31.6 Å². The first-order valence-corrected chi connectivity index (χ1v) is 13.0. The van der Waals surface area contributed by atoms with Crippen molar-refractivity contribution in [3.05, 3.63) is 89.5 Å². The Balaban J connectivity index is 1.34.